The number of nitro groups is 1. The predicted molar refractivity (Wildman–Crippen MR) is 237 cm³/mol. The fourth-order valence-electron chi connectivity index (χ4n) is 9.46. The van der Waals surface area contributed by atoms with Crippen LogP contribution in [0.5, 0.6) is 11.6 Å². The monoisotopic (exact) mass is 879 g/mol. The summed E-state index contributed by atoms with van der Waals surface area (Å²) in [6.45, 7) is 5.19. The molecule has 5 aromatic rings. The minimum atomic E-state index is -4.55. The smallest absolute Gasteiger partial charge is 0.273 e. The lowest BCUT2D eigenvalue weighted by Crippen LogP contribution is -2.47. The van der Waals surface area contributed by atoms with Crippen molar-refractivity contribution in [2.24, 2.45) is 11.3 Å². The average Bonchev–Trinajstić information content (AvgIpc) is 3.74. The Bertz CT molecular complexity index is 2620. The summed E-state index contributed by atoms with van der Waals surface area (Å²) < 4.78 is 41.1. The zero-order valence-corrected chi connectivity index (χ0v) is 36.1. The lowest BCUT2D eigenvalue weighted by Gasteiger charge is -2.47. The van der Waals surface area contributed by atoms with E-state index in [1.807, 2.05) is 18.2 Å². The number of aryl methyl sites for hydroxylation is 1. The minimum absolute atomic E-state index is 0.103. The second kappa shape index (κ2) is 17.8. The van der Waals surface area contributed by atoms with Crippen molar-refractivity contribution in [3.05, 3.63) is 117 Å². The van der Waals surface area contributed by atoms with Crippen LogP contribution in [0.3, 0.4) is 0 Å². The van der Waals surface area contributed by atoms with Gasteiger partial charge in [-0.25, -0.2) is 18.1 Å². The van der Waals surface area contributed by atoms with Crippen molar-refractivity contribution >= 4 is 55.6 Å². The minimum Gasteiger partial charge on any atom is -0.436 e. The molecule has 2 aliphatic heterocycles. The number of H-pyrrole nitrogens is 1. The molecule has 3 aromatic heterocycles. The predicted octanol–water partition coefficient (Wildman–Crippen LogP) is 8.72. The molecule has 1 spiro atoms. The summed E-state index contributed by atoms with van der Waals surface area (Å²) in [6, 6.07) is 18.8. The zero-order valence-electron chi connectivity index (χ0n) is 34.5. The van der Waals surface area contributed by atoms with Crippen LogP contribution in [-0.2, 0) is 21.2 Å². The number of hydrogen-bond acceptors (Lipinski definition) is 11. The van der Waals surface area contributed by atoms with Gasteiger partial charge in [-0.3, -0.25) is 19.8 Å². The van der Waals surface area contributed by atoms with Gasteiger partial charge in [-0.15, -0.1) is 0 Å². The highest BCUT2D eigenvalue weighted by molar-refractivity contribution is 7.90. The maximum atomic E-state index is 13.9. The molecule has 4 aliphatic rings. The number of nitro benzene ring substituents is 1. The summed E-state index contributed by atoms with van der Waals surface area (Å²) >= 11 is 6.27. The molecule has 3 fully saturated rings. The number of nitrogens with one attached hydrogen (secondary N) is 2. The Labute approximate surface area is 365 Å². The van der Waals surface area contributed by atoms with Crippen LogP contribution in [0.15, 0.2) is 89.6 Å². The maximum Gasteiger partial charge on any atom is 0.273 e. The van der Waals surface area contributed by atoms with E-state index in [1.54, 1.807) is 18.3 Å². The Morgan fingerprint density at radius 1 is 1.02 bits per heavy atom. The van der Waals surface area contributed by atoms with Crippen LogP contribution in [0.1, 0.15) is 79.3 Å². The van der Waals surface area contributed by atoms with Crippen molar-refractivity contribution in [1.29, 1.82) is 0 Å². The number of hydrogen-bond donors (Lipinski definition) is 2. The number of carbonyl (C=O) groups is 1. The molecule has 0 unspecified atom stereocenters. The van der Waals surface area contributed by atoms with E-state index in [-0.39, 0.29) is 17.1 Å². The lowest BCUT2D eigenvalue weighted by atomic mass is 9.59. The number of halogens is 1. The van der Waals surface area contributed by atoms with E-state index < -0.39 is 25.7 Å². The molecule has 2 N–H and O–H groups in total. The number of fused-ring (bicyclic) bond motifs is 1. The van der Waals surface area contributed by atoms with Crippen LogP contribution in [0.4, 0.5) is 11.5 Å². The third-order valence-electron chi connectivity index (χ3n) is 13.3. The number of rotatable bonds is 13. The van der Waals surface area contributed by atoms with Gasteiger partial charge in [0.2, 0.25) is 5.88 Å². The Morgan fingerprint density at radius 3 is 2.55 bits per heavy atom. The third kappa shape index (κ3) is 9.22. The summed E-state index contributed by atoms with van der Waals surface area (Å²) in [5.41, 5.74) is 5.33. The van der Waals surface area contributed by atoms with Gasteiger partial charge in [-0.1, -0.05) is 41.8 Å². The zero-order chi connectivity index (χ0) is 42.8. The number of carbonyl (C=O) groups excluding carboxylic acids is 1. The first-order chi connectivity index (χ1) is 30.0. The molecule has 1 amide bonds. The van der Waals surface area contributed by atoms with Gasteiger partial charge in [0, 0.05) is 74.2 Å². The molecule has 14 nitrogen and oxygen atoms in total. The topological polar surface area (TPSA) is 173 Å². The Balaban J connectivity index is 0.926. The third-order valence-corrected chi connectivity index (χ3v) is 14.9. The van der Waals surface area contributed by atoms with Gasteiger partial charge in [0.25, 0.3) is 21.6 Å². The van der Waals surface area contributed by atoms with Crippen molar-refractivity contribution < 1.29 is 27.6 Å². The number of piperazine rings is 1. The first kappa shape index (κ1) is 42.0. The van der Waals surface area contributed by atoms with Crippen LogP contribution in [-0.4, -0.2) is 85.0 Å². The number of pyridine rings is 2. The lowest BCUT2D eigenvalue weighted by molar-refractivity contribution is -0.385. The van der Waals surface area contributed by atoms with E-state index in [0.717, 1.165) is 68.2 Å². The SMILES string of the molecule is O=C(NS(=O)(=O)c1ccc(CCC2CCOCC2)c([N+](=O)[O-])c1)c1ccc(N2CCN(CC3=C(c4ccc(Cl)cc4)CC4(CCC4)CC3)CC2)nc1Oc1cnc2[nH]ccc2c1. The number of aromatic amines is 1. The largest absolute Gasteiger partial charge is 0.436 e. The van der Waals surface area contributed by atoms with E-state index in [1.165, 1.54) is 66.8 Å². The van der Waals surface area contributed by atoms with E-state index in [4.69, 9.17) is 26.1 Å². The highest BCUT2D eigenvalue weighted by atomic mass is 35.5. The summed E-state index contributed by atoms with van der Waals surface area (Å²) in [4.78, 5) is 41.9. The maximum absolute atomic E-state index is 13.9. The van der Waals surface area contributed by atoms with Gasteiger partial charge in [0.15, 0.2) is 0 Å². The molecule has 62 heavy (non-hydrogen) atoms. The van der Waals surface area contributed by atoms with Crippen molar-refractivity contribution in [3.63, 3.8) is 0 Å². The molecule has 2 saturated heterocycles. The normalized spacial score (nSPS) is 18.5. The second-order valence-corrected chi connectivity index (χ2v) is 19.3. The number of aromatic nitrogens is 3. The summed E-state index contributed by atoms with van der Waals surface area (Å²) in [6.07, 6.45) is 13.5. The van der Waals surface area contributed by atoms with Crippen LogP contribution < -0.4 is 14.4 Å². The quantitative estimate of drug-likeness (QED) is 0.0856. The molecule has 0 radical (unpaired) electrons. The van der Waals surface area contributed by atoms with E-state index in [9.17, 15) is 23.3 Å². The Morgan fingerprint density at radius 2 is 1.81 bits per heavy atom. The first-order valence-corrected chi connectivity index (χ1v) is 23.4. The number of ether oxygens (including phenoxy) is 2. The molecule has 324 valence electrons. The molecule has 5 heterocycles. The summed E-state index contributed by atoms with van der Waals surface area (Å²) in [7, 11) is -4.55. The van der Waals surface area contributed by atoms with Crippen molar-refractivity contribution in [2.45, 2.75) is 69.1 Å². The fraction of sp³-hybridized carbons (Fsp3) is 0.413. The van der Waals surface area contributed by atoms with Crippen LogP contribution >= 0.6 is 11.6 Å². The van der Waals surface area contributed by atoms with Crippen LogP contribution in [0, 0.1) is 21.4 Å². The van der Waals surface area contributed by atoms with E-state index >= 15 is 0 Å². The number of allylic oxidation sites excluding steroid dienone is 1. The molecule has 16 heteroatoms. The molecule has 2 aromatic carbocycles. The van der Waals surface area contributed by atoms with Crippen molar-refractivity contribution in [2.75, 3.05) is 50.8 Å². The van der Waals surface area contributed by atoms with Crippen LogP contribution in [0.2, 0.25) is 5.02 Å². The molecule has 1 saturated carbocycles. The van der Waals surface area contributed by atoms with Crippen molar-refractivity contribution in [3.8, 4) is 11.6 Å². The highest BCUT2D eigenvalue weighted by Crippen LogP contribution is 2.55. The molecular formula is C46H50ClN7O7S. The van der Waals surface area contributed by atoms with Gasteiger partial charge >= 0.3 is 0 Å². The van der Waals surface area contributed by atoms with Gasteiger partial charge in [0.1, 0.15) is 22.8 Å². The summed E-state index contributed by atoms with van der Waals surface area (Å²) in [5.74, 6) is 0.162. The number of sulfonamides is 1. The van der Waals surface area contributed by atoms with E-state index in [0.29, 0.717) is 66.8 Å². The number of benzene rings is 2. The fourth-order valence-corrected chi connectivity index (χ4v) is 10.6. The van der Waals surface area contributed by atoms with Crippen molar-refractivity contribution in [1.82, 2.24) is 24.6 Å². The molecule has 2 aliphatic carbocycles. The van der Waals surface area contributed by atoms with E-state index in [2.05, 4.69) is 36.6 Å². The van der Waals surface area contributed by atoms with Gasteiger partial charge in [0.05, 0.1) is 16.0 Å². The molecule has 9 rings (SSSR count). The average molecular weight is 880 g/mol. The van der Waals surface area contributed by atoms with Gasteiger partial charge in [-0.2, -0.15) is 4.98 Å². The summed E-state index contributed by atoms with van der Waals surface area (Å²) in [5, 5.41) is 13.6. The number of nitrogens with zero attached hydrogens (tertiary/aromatic N) is 5. The number of anilines is 1. The second-order valence-electron chi connectivity index (χ2n) is 17.2. The highest BCUT2D eigenvalue weighted by Gasteiger charge is 2.41. The van der Waals surface area contributed by atoms with Gasteiger partial charge < -0.3 is 19.4 Å². The standard InChI is InChI=1S/C46H50ClN7O7S/c47-36-7-4-32(5-8-36)40-28-46(16-1-17-46)18-12-35(40)30-52-20-22-53(23-21-52)42-11-10-39(45(50-42)61-37-26-34-13-19-48-43(34)49-29-37)44(55)51-62(58,59)38-9-6-33(41(27-38)54(56)57)3-2-31-14-24-60-25-15-31/h4-11,13,19,26-27,29,31H,1-3,12,14-18,20-25,28,30H2,(H,48,49)(H,51,55). The molecular weight excluding hydrogens is 830 g/mol. The Kier molecular flexibility index (Phi) is 12.0. The molecule has 0 atom stereocenters. The number of amides is 1. The Hall–Kier alpha value is -5.35. The van der Waals surface area contributed by atoms with Gasteiger partial charge in [-0.05, 0) is 123 Å². The van der Waals surface area contributed by atoms with Crippen LogP contribution in [0.25, 0.3) is 16.6 Å². The first-order valence-electron chi connectivity index (χ1n) is 21.5. The molecule has 0 bridgehead atoms.